The second-order valence-corrected chi connectivity index (χ2v) is 4.99. The Morgan fingerprint density at radius 1 is 1.09 bits per heavy atom. The highest BCUT2D eigenvalue weighted by atomic mass is 19.1. The number of rotatable bonds is 4. The quantitative estimate of drug-likeness (QED) is 0.910. The summed E-state index contributed by atoms with van der Waals surface area (Å²) in [7, 11) is 3.88. The van der Waals surface area contributed by atoms with E-state index in [4.69, 9.17) is 0 Å². The molecule has 0 heterocycles. The van der Waals surface area contributed by atoms with Gasteiger partial charge in [0.2, 0.25) is 0 Å². The van der Waals surface area contributed by atoms with Crippen molar-refractivity contribution in [3.05, 3.63) is 59.7 Å². The maximum Gasteiger partial charge on any atom is 0.319 e. The number of carbonyl (C=O) groups is 1. The summed E-state index contributed by atoms with van der Waals surface area (Å²) in [6, 6.07) is 10.1. The van der Waals surface area contributed by atoms with Crippen molar-refractivity contribution >= 4 is 17.4 Å². The molecular weight excluding hydrogens is 288 g/mol. The Morgan fingerprint density at radius 3 is 2.36 bits per heavy atom. The Labute approximate surface area is 127 Å². The second kappa shape index (κ2) is 6.89. The highest BCUT2D eigenvalue weighted by molar-refractivity contribution is 5.89. The maximum absolute atomic E-state index is 13.4. The summed E-state index contributed by atoms with van der Waals surface area (Å²) in [6.45, 7) is 0.308. The average Bonchev–Trinajstić information content (AvgIpc) is 2.48. The van der Waals surface area contributed by atoms with E-state index in [0.717, 1.165) is 23.4 Å². The van der Waals surface area contributed by atoms with Crippen LogP contribution in [0.25, 0.3) is 0 Å². The summed E-state index contributed by atoms with van der Waals surface area (Å²) < 4.78 is 26.2. The molecule has 0 aliphatic carbocycles. The first-order valence-electron chi connectivity index (χ1n) is 6.72. The van der Waals surface area contributed by atoms with Gasteiger partial charge in [0.25, 0.3) is 0 Å². The number of carbonyl (C=O) groups excluding carboxylic acids is 1. The molecule has 0 radical (unpaired) electrons. The van der Waals surface area contributed by atoms with Gasteiger partial charge in [0.15, 0.2) is 0 Å². The van der Waals surface area contributed by atoms with Crippen molar-refractivity contribution in [2.24, 2.45) is 0 Å². The Hall–Kier alpha value is -2.63. The van der Waals surface area contributed by atoms with Crippen molar-refractivity contribution < 1.29 is 13.6 Å². The lowest BCUT2D eigenvalue weighted by Gasteiger charge is -2.13. The number of halogens is 2. The topological polar surface area (TPSA) is 44.4 Å². The van der Waals surface area contributed by atoms with E-state index in [1.807, 2.05) is 43.3 Å². The van der Waals surface area contributed by atoms with Gasteiger partial charge in [-0.15, -0.1) is 0 Å². The van der Waals surface area contributed by atoms with Crippen LogP contribution in [0.2, 0.25) is 0 Å². The van der Waals surface area contributed by atoms with E-state index in [9.17, 15) is 13.6 Å². The first kappa shape index (κ1) is 15.8. The molecule has 0 saturated carbocycles. The number of hydrogen-bond donors (Lipinski definition) is 2. The van der Waals surface area contributed by atoms with Crippen LogP contribution in [0.5, 0.6) is 0 Å². The van der Waals surface area contributed by atoms with Crippen molar-refractivity contribution in [1.29, 1.82) is 0 Å². The van der Waals surface area contributed by atoms with Crippen LogP contribution in [0.1, 0.15) is 5.56 Å². The van der Waals surface area contributed by atoms with E-state index in [1.54, 1.807) is 0 Å². The van der Waals surface area contributed by atoms with Gasteiger partial charge >= 0.3 is 6.03 Å². The SMILES string of the molecule is CN(C)c1ccc(CNC(=O)Nc2ccc(F)cc2F)cc1. The van der Waals surface area contributed by atoms with Crippen LogP contribution >= 0.6 is 0 Å². The largest absolute Gasteiger partial charge is 0.378 e. The first-order valence-corrected chi connectivity index (χ1v) is 6.72. The fourth-order valence-electron chi connectivity index (χ4n) is 1.85. The van der Waals surface area contributed by atoms with Crippen LogP contribution < -0.4 is 15.5 Å². The second-order valence-electron chi connectivity index (χ2n) is 4.99. The zero-order chi connectivity index (χ0) is 16.1. The fraction of sp³-hybridized carbons (Fsp3) is 0.188. The van der Waals surface area contributed by atoms with Crippen molar-refractivity contribution in [2.45, 2.75) is 6.54 Å². The zero-order valence-electron chi connectivity index (χ0n) is 12.4. The average molecular weight is 305 g/mol. The van der Waals surface area contributed by atoms with Crippen LogP contribution in [0.4, 0.5) is 25.0 Å². The van der Waals surface area contributed by atoms with Gasteiger partial charge in [-0.3, -0.25) is 0 Å². The molecule has 2 aromatic carbocycles. The van der Waals surface area contributed by atoms with E-state index in [-0.39, 0.29) is 5.69 Å². The number of benzene rings is 2. The number of nitrogens with zero attached hydrogens (tertiary/aromatic N) is 1. The number of hydrogen-bond acceptors (Lipinski definition) is 2. The van der Waals surface area contributed by atoms with Crippen LogP contribution in [-0.4, -0.2) is 20.1 Å². The van der Waals surface area contributed by atoms with Gasteiger partial charge in [-0.05, 0) is 29.8 Å². The van der Waals surface area contributed by atoms with Gasteiger partial charge in [-0.1, -0.05) is 12.1 Å². The molecule has 0 aliphatic heterocycles. The summed E-state index contributed by atoms with van der Waals surface area (Å²) in [5.74, 6) is -1.50. The molecule has 2 N–H and O–H groups in total. The number of nitrogens with one attached hydrogen (secondary N) is 2. The Morgan fingerprint density at radius 2 is 1.77 bits per heavy atom. The van der Waals surface area contributed by atoms with E-state index >= 15 is 0 Å². The normalized spacial score (nSPS) is 10.2. The Kier molecular flexibility index (Phi) is 4.93. The van der Waals surface area contributed by atoms with Gasteiger partial charge in [-0.2, -0.15) is 0 Å². The van der Waals surface area contributed by atoms with Crippen molar-refractivity contribution in [1.82, 2.24) is 5.32 Å². The molecule has 0 saturated heterocycles. The molecule has 0 bridgehead atoms. The smallest absolute Gasteiger partial charge is 0.319 e. The third-order valence-corrected chi connectivity index (χ3v) is 3.09. The molecule has 2 rings (SSSR count). The Balaban J connectivity index is 1.89. The highest BCUT2D eigenvalue weighted by Crippen LogP contribution is 2.15. The lowest BCUT2D eigenvalue weighted by atomic mass is 10.2. The minimum absolute atomic E-state index is 0.0677. The van der Waals surface area contributed by atoms with Crippen molar-refractivity contribution in [3.8, 4) is 0 Å². The van der Waals surface area contributed by atoms with Gasteiger partial charge in [-0.25, -0.2) is 13.6 Å². The van der Waals surface area contributed by atoms with E-state index in [2.05, 4.69) is 10.6 Å². The molecule has 0 aliphatic rings. The summed E-state index contributed by atoms with van der Waals surface area (Å²) in [5.41, 5.74) is 1.91. The molecule has 0 spiro atoms. The van der Waals surface area contributed by atoms with Crippen LogP contribution in [0, 0.1) is 11.6 Å². The molecule has 0 unspecified atom stereocenters. The molecule has 2 aromatic rings. The van der Waals surface area contributed by atoms with Gasteiger partial charge in [0.05, 0.1) is 5.69 Å². The van der Waals surface area contributed by atoms with Crippen molar-refractivity contribution in [2.75, 3.05) is 24.3 Å². The molecule has 0 aromatic heterocycles. The van der Waals surface area contributed by atoms with E-state index in [0.29, 0.717) is 6.54 Å². The monoisotopic (exact) mass is 305 g/mol. The van der Waals surface area contributed by atoms with Gasteiger partial charge in [0.1, 0.15) is 11.6 Å². The van der Waals surface area contributed by atoms with Gasteiger partial charge < -0.3 is 15.5 Å². The first-order chi connectivity index (χ1) is 10.5. The molecule has 4 nitrogen and oxygen atoms in total. The zero-order valence-corrected chi connectivity index (χ0v) is 12.4. The molecule has 22 heavy (non-hydrogen) atoms. The number of anilines is 2. The summed E-state index contributed by atoms with van der Waals surface area (Å²) in [5, 5.41) is 4.95. The predicted molar refractivity (Wildman–Crippen MR) is 83.0 cm³/mol. The van der Waals surface area contributed by atoms with Crippen LogP contribution in [0.3, 0.4) is 0 Å². The Bertz CT molecular complexity index is 657. The van der Waals surface area contributed by atoms with Crippen molar-refractivity contribution in [3.63, 3.8) is 0 Å². The third kappa shape index (κ3) is 4.18. The minimum Gasteiger partial charge on any atom is -0.378 e. The standard InChI is InChI=1S/C16H17F2N3O/c1-21(2)13-6-3-11(4-7-13)10-19-16(22)20-15-8-5-12(17)9-14(15)18/h3-9H,10H2,1-2H3,(H2,19,20,22). The third-order valence-electron chi connectivity index (χ3n) is 3.09. The van der Waals surface area contributed by atoms with E-state index < -0.39 is 17.7 Å². The summed E-state index contributed by atoms with van der Waals surface area (Å²) in [6.07, 6.45) is 0. The highest BCUT2D eigenvalue weighted by Gasteiger charge is 2.07. The summed E-state index contributed by atoms with van der Waals surface area (Å²) in [4.78, 5) is 13.7. The number of amides is 2. The predicted octanol–water partition coefficient (Wildman–Crippen LogP) is 3.35. The minimum atomic E-state index is -0.814. The molecule has 6 heteroatoms. The van der Waals surface area contributed by atoms with Crippen LogP contribution in [0.15, 0.2) is 42.5 Å². The molecule has 0 fully saturated rings. The van der Waals surface area contributed by atoms with Gasteiger partial charge in [0, 0.05) is 32.4 Å². The molecule has 2 amide bonds. The fourth-order valence-corrected chi connectivity index (χ4v) is 1.85. The number of urea groups is 1. The molecular formula is C16H17F2N3O. The van der Waals surface area contributed by atoms with Crippen LogP contribution in [-0.2, 0) is 6.54 Å². The lowest BCUT2D eigenvalue weighted by Crippen LogP contribution is -2.28. The molecule has 116 valence electrons. The lowest BCUT2D eigenvalue weighted by molar-refractivity contribution is 0.251. The van der Waals surface area contributed by atoms with E-state index in [1.165, 1.54) is 6.07 Å². The summed E-state index contributed by atoms with van der Waals surface area (Å²) >= 11 is 0. The maximum atomic E-state index is 13.4. The molecule has 0 atom stereocenters.